The molecule has 3 fully saturated rings. The predicted molar refractivity (Wildman–Crippen MR) is 106 cm³/mol. The predicted octanol–water partition coefficient (Wildman–Crippen LogP) is -3.04. The van der Waals surface area contributed by atoms with E-state index in [1.165, 1.54) is 6.33 Å². The summed E-state index contributed by atoms with van der Waals surface area (Å²) < 4.78 is 17.9. The number of aliphatic hydroxyl groups excluding tert-OH is 2. The second kappa shape index (κ2) is 8.71. The van der Waals surface area contributed by atoms with E-state index in [1.54, 1.807) is 27.2 Å². The number of carbonyl (C=O) groups excluding carboxylic acids is 1. The van der Waals surface area contributed by atoms with Gasteiger partial charge < -0.3 is 50.5 Å². The molecule has 174 valence electrons. The molecule has 31 heavy (non-hydrogen) atoms. The van der Waals surface area contributed by atoms with Gasteiger partial charge in [0, 0.05) is 11.9 Å². The van der Waals surface area contributed by atoms with Gasteiger partial charge in [0.05, 0.1) is 43.1 Å². The average Bonchev–Trinajstić information content (AvgIpc) is 3.21. The first kappa shape index (κ1) is 22.6. The van der Waals surface area contributed by atoms with Crippen molar-refractivity contribution in [1.29, 1.82) is 0 Å². The molecule has 10 atom stereocenters. The number of carbonyl (C=O) groups is 1. The minimum absolute atomic E-state index is 0.0554. The molecule has 2 saturated heterocycles. The number of amides is 1. The Labute approximate surface area is 179 Å². The Kier molecular flexibility index (Phi) is 6.34. The molecule has 12 heteroatoms. The first-order valence-corrected chi connectivity index (χ1v) is 10.5. The summed E-state index contributed by atoms with van der Waals surface area (Å²) in [4.78, 5) is 19.3. The second-order valence-electron chi connectivity index (χ2n) is 8.43. The van der Waals surface area contributed by atoms with Gasteiger partial charge in [-0.15, -0.1) is 0 Å². The number of aromatic nitrogens is 2. The molecule has 1 amide bonds. The number of ether oxygens (including phenoxy) is 3. The Hall–Kier alpha value is -1.64. The third kappa shape index (κ3) is 3.98. The van der Waals surface area contributed by atoms with Gasteiger partial charge in [-0.25, -0.2) is 4.98 Å². The summed E-state index contributed by atoms with van der Waals surface area (Å²) in [6.07, 6.45) is -2.05. The van der Waals surface area contributed by atoms with Gasteiger partial charge in [0.2, 0.25) is 18.0 Å². The lowest BCUT2D eigenvalue weighted by atomic mass is 9.79. The zero-order valence-corrected chi connectivity index (χ0v) is 17.7. The van der Waals surface area contributed by atoms with Crippen LogP contribution in [0.2, 0.25) is 0 Å². The zero-order valence-electron chi connectivity index (χ0n) is 17.7. The Morgan fingerprint density at radius 1 is 1.23 bits per heavy atom. The van der Waals surface area contributed by atoms with Crippen molar-refractivity contribution in [2.24, 2.45) is 0 Å². The minimum Gasteiger partial charge on any atom is -0.390 e. The number of imidazole rings is 1. The van der Waals surface area contributed by atoms with Gasteiger partial charge >= 0.3 is 0 Å². The van der Waals surface area contributed by atoms with Gasteiger partial charge in [-0.1, -0.05) is 0 Å². The van der Waals surface area contributed by atoms with E-state index in [-0.39, 0.29) is 24.9 Å². The first-order chi connectivity index (χ1) is 14.8. The number of likely N-dealkylation sites (N-methyl/N-ethyl adjacent to an activating group) is 2. The highest BCUT2D eigenvalue weighted by Gasteiger charge is 2.63. The molecule has 2 aliphatic heterocycles. The van der Waals surface area contributed by atoms with Crippen LogP contribution in [0, 0.1) is 0 Å². The maximum Gasteiger partial charge on any atom is 0.239 e. The van der Waals surface area contributed by atoms with E-state index in [0.717, 1.165) is 0 Å². The van der Waals surface area contributed by atoms with Crippen molar-refractivity contribution < 1.29 is 34.3 Å². The van der Waals surface area contributed by atoms with Gasteiger partial charge in [0.25, 0.3) is 0 Å². The average molecular weight is 441 g/mol. The normalized spacial score (nSPS) is 44.9. The van der Waals surface area contributed by atoms with Gasteiger partial charge in [0.1, 0.15) is 18.3 Å². The van der Waals surface area contributed by atoms with Crippen LogP contribution in [0.15, 0.2) is 12.5 Å². The van der Waals surface area contributed by atoms with Crippen LogP contribution in [0.1, 0.15) is 19.0 Å². The maximum atomic E-state index is 12.6. The molecular formula is C19H31N5O7. The summed E-state index contributed by atoms with van der Waals surface area (Å²) in [5.74, 6) is -2.33. The molecule has 12 nitrogen and oxygen atoms in total. The Morgan fingerprint density at radius 2 is 1.97 bits per heavy atom. The Bertz CT molecular complexity index is 767. The SMILES string of the molecule is CN[C@@H]1[C@H](O)[C@H](NC)C2O[C@]3(O)C(OC2[C@@H]1O)O[C@H](C)C[C@H]3NC(=O)Cc1cnc[nH]1. The molecule has 1 aromatic rings. The van der Waals surface area contributed by atoms with Gasteiger partial charge in [-0.05, 0) is 27.4 Å². The maximum absolute atomic E-state index is 12.6. The summed E-state index contributed by atoms with van der Waals surface area (Å²) in [5.41, 5.74) is 0.633. The number of fused-ring (bicyclic) bond motifs is 2. The number of H-pyrrole nitrogens is 1. The molecule has 0 aromatic carbocycles. The fourth-order valence-electron chi connectivity index (χ4n) is 4.82. The third-order valence-electron chi connectivity index (χ3n) is 6.39. The summed E-state index contributed by atoms with van der Waals surface area (Å²) in [6.45, 7) is 1.80. The molecule has 0 radical (unpaired) electrons. The number of hydrogen-bond donors (Lipinski definition) is 7. The highest BCUT2D eigenvalue weighted by molar-refractivity contribution is 5.78. The number of rotatable bonds is 5. The highest BCUT2D eigenvalue weighted by Crippen LogP contribution is 2.41. The molecule has 3 heterocycles. The topological polar surface area (TPSA) is 170 Å². The van der Waals surface area contributed by atoms with Crippen LogP contribution in [0.25, 0.3) is 0 Å². The van der Waals surface area contributed by atoms with Crippen molar-refractivity contribution in [2.75, 3.05) is 14.1 Å². The van der Waals surface area contributed by atoms with Crippen LogP contribution in [-0.4, -0.2) is 106 Å². The van der Waals surface area contributed by atoms with Gasteiger partial charge in [-0.3, -0.25) is 4.79 Å². The number of aromatic amines is 1. The minimum atomic E-state index is -2.00. The van der Waals surface area contributed by atoms with Crippen LogP contribution in [-0.2, 0) is 25.4 Å². The van der Waals surface area contributed by atoms with Crippen molar-refractivity contribution in [3.63, 3.8) is 0 Å². The molecule has 1 saturated carbocycles. The van der Waals surface area contributed by atoms with E-state index in [4.69, 9.17) is 14.2 Å². The quantitative estimate of drug-likeness (QED) is 0.249. The Morgan fingerprint density at radius 3 is 2.61 bits per heavy atom. The molecule has 3 unspecified atom stereocenters. The smallest absolute Gasteiger partial charge is 0.239 e. The van der Waals surface area contributed by atoms with Crippen molar-refractivity contribution in [1.82, 2.24) is 25.9 Å². The number of aliphatic hydroxyl groups is 3. The van der Waals surface area contributed by atoms with Gasteiger partial charge in [-0.2, -0.15) is 0 Å². The summed E-state index contributed by atoms with van der Waals surface area (Å²) in [5, 5.41) is 41.7. The van der Waals surface area contributed by atoms with E-state index >= 15 is 0 Å². The summed E-state index contributed by atoms with van der Waals surface area (Å²) in [6, 6.07) is -2.14. The van der Waals surface area contributed by atoms with Crippen LogP contribution >= 0.6 is 0 Å². The molecular weight excluding hydrogens is 410 g/mol. The van der Waals surface area contributed by atoms with Crippen LogP contribution < -0.4 is 16.0 Å². The lowest BCUT2D eigenvalue weighted by Crippen LogP contribution is -2.79. The van der Waals surface area contributed by atoms with E-state index in [2.05, 4.69) is 25.9 Å². The standard InChI is InChI=1S/C19H31N5O7/c1-8-4-10(24-11(25)5-9-6-22-7-23-9)19(28)18(29-8)30-17-15(27)12(20-2)14(26)13(21-3)16(17)31-19/h6-8,10,12-18,20-21,26-28H,4-5H2,1-3H3,(H,22,23)(H,24,25)/t8-,10-,12-,13+,14+,15-,16?,17?,18?,19+/m1/s1. The molecule has 1 aromatic heterocycles. The molecule has 0 bridgehead atoms. The lowest BCUT2D eigenvalue weighted by molar-refractivity contribution is -0.449. The largest absolute Gasteiger partial charge is 0.390 e. The highest BCUT2D eigenvalue weighted by atomic mass is 16.8. The molecule has 0 spiro atoms. The van der Waals surface area contributed by atoms with Crippen molar-refractivity contribution >= 4 is 5.91 Å². The van der Waals surface area contributed by atoms with Crippen molar-refractivity contribution in [3.8, 4) is 0 Å². The zero-order chi connectivity index (χ0) is 22.3. The lowest BCUT2D eigenvalue weighted by Gasteiger charge is -2.58. The monoisotopic (exact) mass is 441 g/mol. The van der Waals surface area contributed by atoms with E-state index in [9.17, 15) is 20.1 Å². The van der Waals surface area contributed by atoms with Crippen molar-refractivity contribution in [2.45, 2.75) is 80.5 Å². The second-order valence-corrected chi connectivity index (χ2v) is 8.43. The summed E-state index contributed by atoms with van der Waals surface area (Å²) >= 11 is 0. The number of hydrogen-bond acceptors (Lipinski definition) is 10. The van der Waals surface area contributed by atoms with E-state index in [0.29, 0.717) is 5.69 Å². The van der Waals surface area contributed by atoms with Crippen molar-refractivity contribution in [3.05, 3.63) is 18.2 Å². The first-order valence-electron chi connectivity index (χ1n) is 10.5. The third-order valence-corrected chi connectivity index (χ3v) is 6.39. The molecule has 3 aliphatic rings. The molecule has 7 N–H and O–H groups in total. The summed E-state index contributed by atoms with van der Waals surface area (Å²) in [7, 11) is 3.28. The Balaban J connectivity index is 1.57. The molecule has 1 aliphatic carbocycles. The fraction of sp³-hybridized carbons (Fsp3) is 0.789. The number of nitrogens with zero attached hydrogens (tertiary/aromatic N) is 1. The van der Waals surface area contributed by atoms with Crippen LogP contribution in [0.3, 0.4) is 0 Å². The number of nitrogens with one attached hydrogen (secondary N) is 4. The van der Waals surface area contributed by atoms with E-state index in [1.807, 2.05) is 0 Å². The van der Waals surface area contributed by atoms with Gasteiger partial charge in [0.15, 0.2) is 0 Å². The van der Waals surface area contributed by atoms with Crippen LogP contribution in [0.4, 0.5) is 0 Å². The van der Waals surface area contributed by atoms with Crippen LogP contribution in [0.5, 0.6) is 0 Å². The molecule has 4 rings (SSSR count). The fourth-order valence-corrected chi connectivity index (χ4v) is 4.82. The van der Waals surface area contributed by atoms with E-state index < -0.39 is 54.6 Å².